The normalized spacial score (nSPS) is 16.9. The third kappa shape index (κ3) is 3.54. The zero-order valence-corrected chi connectivity index (χ0v) is 19.6. The van der Waals surface area contributed by atoms with Crippen LogP contribution in [0.25, 0.3) is 27.8 Å². The number of hydrogen-bond acceptors (Lipinski definition) is 6. The number of hydrogen-bond donors (Lipinski definition) is 1. The minimum Gasteiger partial charge on any atom is -0.441 e. The van der Waals surface area contributed by atoms with E-state index >= 15 is 0 Å². The summed E-state index contributed by atoms with van der Waals surface area (Å²) >= 11 is 0. The third-order valence-corrected chi connectivity index (χ3v) is 8.04. The number of nitrogens with zero attached hydrogens (tertiary/aromatic N) is 3. The maximum absolute atomic E-state index is 13.4. The molecule has 9 nitrogen and oxygen atoms in total. The van der Waals surface area contributed by atoms with E-state index in [1.165, 1.54) is 0 Å². The molecular formula is C23H24N4O5S. The molecule has 1 saturated heterocycles. The number of imidazole rings is 1. The monoisotopic (exact) mass is 468 g/mol. The quantitative estimate of drug-likeness (QED) is 0.492. The van der Waals surface area contributed by atoms with Crippen LogP contribution in [0.1, 0.15) is 43.1 Å². The van der Waals surface area contributed by atoms with Crippen molar-refractivity contribution >= 4 is 37.9 Å². The van der Waals surface area contributed by atoms with Gasteiger partial charge in [0.15, 0.2) is 21.3 Å². The first kappa shape index (κ1) is 21.4. The van der Waals surface area contributed by atoms with Crippen molar-refractivity contribution in [3.05, 3.63) is 58.3 Å². The molecule has 4 aromatic rings. The molecule has 1 N–H and O–H groups in total. The first-order chi connectivity index (χ1) is 15.5. The van der Waals surface area contributed by atoms with Gasteiger partial charge in [0, 0.05) is 24.6 Å². The third-order valence-electron chi connectivity index (χ3n) is 5.88. The Labute approximate surface area is 189 Å². The summed E-state index contributed by atoms with van der Waals surface area (Å²) in [6.07, 6.45) is 0. The van der Waals surface area contributed by atoms with Gasteiger partial charge in [0.25, 0.3) is 5.91 Å². The molecule has 0 spiro atoms. The van der Waals surface area contributed by atoms with Crippen molar-refractivity contribution in [1.82, 2.24) is 19.4 Å². The van der Waals surface area contributed by atoms with Gasteiger partial charge in [-0.1, -0.05) is 0 Å². The van der Waals surface area contributed by atoms with Crippen molar-refractivity contribution in [1.29, 1.82) is 0 Å². The highest BCUT2D eigenvalue weighted by Crippen LogP contribution is 2.26. The highest BCUT2D eigenvalue weighted by molar-refractivity contribution is 7.93. The molecular weight excluding hydrogens is 444 g/mol. The summed E-state index contributed by atoms with van der Waals surface area (Å²) in [6.45, 7) is 7.29. The molecule has 0 aliphatic carbocycles. The number of fused-ring (bicyclic) bond motifs is 2. The topological polar surface area (TPSA) is 116 Å². The highest BCUT2D eigenvalue weighted by Gasteiger charge is 2.45. The van der Waals surface area contributed by atoms with Gasteiger partial charge < -0.3 is 9.73 Å². The van der Waals surface area contributed by atoms with E-state index in [1.807, 2.05) is 19.9 Å². The van der Waals surface area contributed by atoms with Crippen molar-refractivity contribution < 1.29 is 17.6 Å². The smallest absolute Gasteiger partial charge is 0.333 e. The molecule has 5 rings (SSSR count). The maximum Gasteiger partial charge on any atom is 0.333 e. The van der Waals surface area contributed by atoms with E-state index in [9.17, 15) is 18.0 Å². The Bertz CT molecular complexity index is 1600. The molecule has 0 saturated carbocycles. The molecule has 1 aliphatic rings. The van der Waals surface area contributed by atoms with Crippen LogP contribution in [-0.4, -0.2) is 45.5 Å². The predicted octanol–water partition coefficient (Wildman–Crippen LogP) is 2.74. The molecule has 0 atom stereocenters. The maximum atomic E-state index is 13.4. The van der Waals surface area contributed by atoms with Gasteiger partial charge >= 0.3 is 5.69 Å². The van der Waals surface area contributed by atoms with Crippen molar-refractivity contribution in [2.45, 2.75) is 39.3 Å². The molecule has 10 heteroatoms. The standard InChI is InChI=1S/C23H24N4O5S/c1-13(2)26-19-9-15(21(28)25-23(4)11-33(30,31)12-23)5-8-18(19)27(22(26)29)16-6-7-17-20(10-16)32-14(3)24-17/h5-10,13H,11-12H2,1-4H3,(H,25,28). The lowest BCUT2D eigenvalue weighted by Crippen LogP contribution is -2.63. The lowest BCUT2D eigenvalue weighted by molar-refractivity contribution is 0.0917. The van der Waals surface area contributed by atoms with Crippen LogP contribution < -0.4 is 11.0 Å². The molecule has 1 aliphatic heterocycles. The summed E-state index contributed by atoms with van der Waals surface area (Å²) in [5.41, 5.74) is 2.55. The summed E-state index contributed by atoms with van der Waals surface area (Å²) in [5, 5.41) is 2.82. The van der Waals surface area contributed by atoms with Crippen LogP contribution in [0.5, 0.6) is 0 Å². The molecule has 1 fully saturated rings. The van der Waals surface area contributed by atoms with Crippen LogP contribution in [0.15, 0.2) is 45.6 Å². The predicted molar refractivity (Wildman–Crippen MR) is 125 cm³/mol. The second-order valence-electron chi connectivity index (χ2n) is 9.22. The van der Waals surface area contributed by atoms with E-state index in [4.69, 9.17) is 4.42 Å². The Kier molecular flexibility index (Phi) is 4.58. The zero-order valence-electron chi connectivity index (χ0n) is 18.7. The second-order valence-corrected chi connectivity index (χ2v) is 11.3. The Hall–Kier alpha value is -3.40. The SMILES string of the molecule is Cc1nc2ccc(-n3c(=O)n(C(C)C)c4cc(C(=O)NC5(C)CS(=O)(=O)C5)ccc43)cc2o1. The van der Waals surface area contributed by atoms with Crippen molar-refractivity contribution in [3.63, 3.8) is 0 Å². The Morgan fingerprint density at radius 1 is 1.15 bits per heavy atom. The Morgan fingerprint density at radius 3 is 2.55 bits per heavy atom. The van der Waals surface area contributed by atoms with Crippen molar-refractivity contribution in [2.24, 2.45) is 0 Å². The van der Waals surface area contributed by atoms with Gasteiger partial charge in [-0.05, 0) is 51.1 Å². The van der Waals surface area contributed by atoms with Crippen LogP contribution in [0, 0.1) is 6.92 Å². The zero-order chi connectivity index (χ0) is 23.7. The number of aromatic nitrogens is 3. The molecule has 2 aromatic carbocycles. The fraction of sp³-hybridized carbons (Fsp3) is 0.348. The van der Waals surface area contributed by atoms with Gasteiger partial charge in [-0.25, -0.2) is 18.2 Å². The number of benzene rings is 2. The van der Waals surface area contributed by atoms with Gasteiger partial charge in [-0.2, -0.15) is 0 Å². The lowest BCUT2D eigenvalue weighted by Gasteiger charge is -2.38. The molecule has 2 aromatic heterocycles. The van der Waals surface area contributed by atoms with Crippen molar-refractivity contribution in [2.75, 3.05) is 11.5 Å². The van der Waals surface area contributed by atoms with Gasteiger partial charge in [-0.3, -0.25) is 13.9 Å². The number of nitrogens with one attached hydrogen (secondary N) is 1. The molecule has 0 unspecified atom stereocenters. The van der Waals surface area contributed by atoms with E-state index in [0.29, 0.717) is 39.3 Å². The van der Waals surface area contributed by atoms with Crippen LogP contribution >= 0.6 is 0 Å². The second kappa shape index (κ2) is 7.05. The van der Waals surface area contributed by atoms with Gasteiger partial charge in [0.2, 0.25) is 0 Å². The number of amides is 1. The van der Waals surface area contributed by atoms with E-state index < -0.39 is 15.4 Å². The number of carbonyl (C=O) groups is 1. The summed E-state index contributed by atoms with van der Waals surface area (Å²) in [7, 11) is -3.09. The van der Waals surface area contributed by atoms with Crippen LogP contribution in [-0.2, 0) is 9.84 Å². The first-order valence-electron chi connectivity index (χ1n) is 10.6. The van der Waals surface area contributed by atoms with Gasteiger partial charge in [0.05, 0.1) is 33.8 Å². The minimum atomic E-state index is -3.09. The molecule has 33 heavy (non-hydrogen) atoms. The van der Waals surface area contributed by atoms with E-state index in [1.54, 1.807) is 53.3 Å². The molecule has 1 amide bonds. The van der Waals surface area contributed by atoms with Gasteiger partial charge in [0.1, 0.15) is 5.52 Å². The largest absolute Gasteiger partial charge is 0.441 e. The lowest BCUT2D eigenvalue weighted by atomic mass is 10.1. The average molecular weight is 469 g/mol. The number of carbonyl (C=O) groups excluding carboxylic acids is 1. The fourth-order valence-corrected chi connectivity index (χ4v) is 6.62. The summed E-state index contributed by atoms with van der Waals surface area (Å²) < 4.78 is 32.0. The Balaban J connectivity index is 1.61. The van der Waals surface area contributed by atoms with Gasteiger partial charge in [-0.15, -0.1) is 0 Å². The van der Waals surface area contributed by atoms with E-state index in [-0.39, 0.29) is 29.1 Å². The number of sulfone groups is 1. The first-order valence-corrected chi connectivity index (χ1v) is 12.5. The molecule has 3 heterocycles. The van der Waals surface area contributed by atoms with Crippen LogP contribution in [0.3, 0.4) is 0 Å². The Morgan fingerprint density at radius 2 is 1.88 bits per heavy atom. The highest BCUT2D eigenvalue weighted by atomic mass is 32.2. The molecule has 0 bridgehead atoms. The van der Waals surface area contributed by atoms with E-state index in [2.05, 4.69) is 10.3 Å². The van der Waals surface area contributed by atoms with E-state index in [0.717, 1.165) is 0 Å². The number of rotatable bonds is 4. The van der Waals surface area contributed by atoms with Crippen LogP contribution in [0.2, 0.25) is 0 Å². The summed E-state index contributed by atoms with van der Waals surface area (Å²) in [4.78, 5) is 30.6. The minimum absolute atomic E-state index is 0.0787. The summed E-state index contributed by atoms with van der Waals surface area (Å²) in [6, 6.07) is 10.3. The number of oxazole rings is 1. The molecule has 172 valence electrons. The molecule has 0 radical (unpaired) electrons. The van der Waals surface area contributed by atoms with Crippen molar-refractivity contribution in [3.8, 4) is 5.69 Å². The summed E-state index contributed by atoms with van der Waals surface area (Å²) in [5.74, 6) is 0.0149. The fourth-order valence-electron chi connectivity index (χ4n) is 4.62. The van der Waals surface area contributed by atoms with Crippen LogP contribution in [0.4, 0.5) is 0 Å². The average Bonchev–Trinajstić information content (AvgIpc) is 3.20. The number of aryl methyl sites for hydroxylation is 1.